The monoisotopic (exact) mass is 444 g/mol. The molecule has 1 aromatic carbocycles. The van der Waals surface area contributed by atoms with E-state index in [4.69, 9.17) is 11.6 Å². The Morgan fingerprint density at radius 2 is 1.67 bits per heavy atom. The lowest BCUT2D eigenvalue weighted by molar-refractivity contribution is -0.131. The quantitative estimate of drug-likeness (QED) is 0.641. The van der Waals surface area contributed by atoms with Crippen LogP contribution in [0.5, 0.6) is 0 Å². The van der Waals surface area contributed by atoms with Gasteiger partial charge in [-0.05, 0) is 68.9 Å². The van der Waals surface area contributed by atoms with E-state index in [1.54, 1.807) is 31.2 Å². The molecule has 1 fully saturated rings. The Morgan fingerprint density at radius 3 is 2.37 bits per heavy atom. The number of carbonyl (C=O) groups is 3. The Bertz CT molecular complexity index is 983. The lowest BCUT2D eigenvalue weighted by Crippen LogP contribution is -2.35. The number of rotatable bonds is 5. The summed E-state index contributed by atoms with van der Waals surface area (Å²) in [7, 11) is 0. The van der Waals surface area contributed by atoms with Gasteiger partial charge in [0.1, 0.15) is 10.8 Å². The standard InChI is InChI=1S/C23H25ClN2O3S/c1-13(27)16-5-2-3-6-17(16)21(28)26-23-20(18-7-4-8-19(18)30-23)22(29)25-15-11-9-14(24)10-12-15/h9-12,16-17H,2-8H2,1H3,(H,25,29)(H,26,28). The number of Topliss-reactive ketones (excluding diaryl/α,β-unsaturated/α-hetero) is 1. The molecule has 2 unspecified atom stereocenters. The number of ketones is 1. The van der Waals surface area contributed by atoms with Gasteiger partial charge in [-0.25, -0.2) is 0 Å². The van der Waals surface area contributed by atoms with Crippen LogP contribution in [0.1, 0.15) is 59.8 Å². The topological polar surface area (TPSA) is 75.3 Å². The molecule has 0 saturated heterocycles. The number of thiophene rings is 1. The molecule has 0 spiro atoms. The summed E-state index contributed by atoms with van der Waals surface area (Å²) >= 11 is 7.43. The van der Waals surface area contributed by atoms with Crippen molar-refractivity contribution in [2.45, 2.75) is 51.9 Å². The van der Waals surface area contributed by atoms with E-state index in [0.717, 1.165) is 44.1 Å². The molecule has 1 heterocycles. The third kappa shape index (κ3) is 4.30. The van der Waals surface area contributed by atoms with Crippen molar-refractivity contribution >= 4 is 51.2 Å². The Balaban J connectivity index is 1.58. The fraction of sp³-hybridized carbons (Fsp3) is 0.435. The average Bonchev–Trinajstić information content (AvgIpc) is 3.30. The Hall–Kier alpha value is -2.18. The molecule has 0 bridgehead atoms. The third-order valence-electron chi connectivity index (χ3n) is 6.11. The zero-order valence-corrected chi connectivity index (χ0v) is 18.5. The Labute approximate surface area is 185 Å². The number of hydrogen-bond donors (Lipinski definition) is 2. The van der Waals surface area contributed by atoms with Crippen LogP contribution in [-0.2, 0) is 22.4 Å². The highest BCUT2D eigenvalue weighted by atomic mass is 35.5. The molecular weight excluding hydrogens is 420 g/mol. The summed E-state index contributed by atoms with van der Waals surface area (Å²) in [4.78, 5) is 39.4. The van der Waals surface area contributed by atoms with Crippen molar-refractivity contribution in [1.82, 2.24) is 0 Å². The fourth-order valence-corrected chi connectivity index (χ4v) is 6.01. The van der Waals surface area contributed by atoms with Gasteiger partial charge in [0, 0.05) is 27.4 Å². The van der Waals surface area contributed by atoms with E-state index in [-0.39, 0.29) is 29.4 Å². The average molecular weight is 445 g/mol. The molecule has 1 aromatic heterocycles. The number of amides is 2. The minimum Gasteiger partial charge on any atom is -0.322 e. The van der Waals surface area contributed by atoms with Crippen molar-refractivity contribution in [3.63, 3.8) is 0 Å². The highest BCUT2D eigenvalue weighted by Crippen LogP contribution is 2.40. The van der Waals surface area contributed by atoms with E-state index in [1.165, 1.54) is 16.2 Å². The second-order valence-corrected chi connectivity index (χ2v) is 9.66. The first kappa shape index (κ1) is 21.1. The first-order valence-corrected chi connectivity index (χ1v) is 11.7. The molecule has 2 aromatic rings. The van der Waals surface area contributed by atoms with Crippen molar-refractivity contribution in [2.75, 3.05) is 10.6 Å². The Kier molecular flexibility index (Phi) is 6.25. The molecule has 0 aliphatic heterocycles. The van der Waals surface area contributed by atoms with Gasteiger partial charge in [0.05, 0.1) is 5.56 Å². The van der Waals surface area contributed by atoms with Crippen LogP contribution in [-0.4, -0.2) is 17.6 Å². The SMILES string of the molecule is CC(=O)C1CCCCC1C(=O)Nc1sc2c(c1C(=O)Nc1ccc(Cl)cc1)CCC2. The number of fused-ring (bicyclic) bond motifs is 1. The normalized spacial score (nSPS) is 20.5. The third-order valence-corrected chi connectivity index (χ3v) is 7.57. The lowest BCUT2D eigenvalue weighted by atomic mass is 9.77. The molecule has 2 atom stereocenters. The highest BCUT2D eigenvalue weighted by Gasteiger charge is 2.35. The maximum Gasteiger partial charge on any atom is 0.258 e. The minimum atomic E-state index is -0.319. The highest BCUT2D eigenvalue weighted by molar-refractivity contribution is 7.17. The molecule has 2 amide bonds. The van der Waals surface area contributed by atoms with Gasteiger partial charge in [-0.15, -0.1) is 11.3 Å². The summed E-state index contributed by atoms with van der Waals surface area (Å²) in [5.41, 5.74) is 2.25. The Morgan fingerprint density at radius 1 is 0.967 bits per heavy atom. The van der Waals surface area contributed by atoms with E-state index in [0.29, 0.717) is 27.7 Å². The zero-order chi connectivity index (χ0) is 21.3. The zero-order valence-electron chi connectivity index (χ0n) is 16.9. The molecule has 5 nitrogen and oxygen atoms in total. The number of anilines is 2. The first-order chi connectivity index (χ1) is 14.4. The number of nitrogens with one attached hydrogen (secondary N) is 2. The van der Waals surface area contributed by atoms with E-state index in [1.807, 2.05) is 0 Å². The fourth-order valence-electron chi connectivity index (χ4n) is 4.60. The molecule has 1 saturated carbocycles. The second-order valence-electron chi connectivity index (χ2n) is 8.12. The molecule has 7 heteroatoms. The van der Waals surface area contributed by atoms with Crippen LogP contribution in [0.15, 0.2) is 24.3 Å². The van der Waals surface area contributed by atoms with E-state index in [2.05, 4.69) is 10.6 Å². The van der Waals surface area contributed by atoms with Gasteiger partial charge in [-0.1, -0.05) is 24.4 Å². The second kappa shape index (κ2) is 8.90. The van der Waals surface area contributed by atoms with Crippen LogP contribution < -0.4 is 10.6 Å². The van der Waals surface area contributed by atoms with Gasteiger partial charge in [0.25, 0.3) is 5.91 Å². The van der Waals surface area contributed by atoms with Gasteiger partial charge in [-0.3, -0.25) is 14.4 Å². The predicted octanol–water partition coefficient (Wildman–Crippen LogP) is 5.48. The number of aryl methyl sites for hydroxylation is 1. The molecule has 2 N–H and O–H groups in total. The predicted molar refractivity (Wildman–Crippen MR) is 121 cm³/mol. The van der Waals surface area contributed by atoms with Crippen molar-refractivity contribution in [3.8, 4) is 0 Å². The van der Waals surface area contributed by atoms with E-state index >= 15 is 0 Å². The number of halogens is 1. The van der Waals surface area contributed by atoms with Gasteiger partial charge < -0.3 is 10.6 Å². The van der Waals surface area contributed by atoms with Gasteiger partial charge in [-0.2, -0.15) is 0 Å². The van der Waals surface area contributed by atoms with Crippen molar-refractivity contribution < 1.29 is 14.4 Å². The summed E-state index contributed by atoms with van der Waals surface area (Å²) in [5, 5.41) is 7.14. The molecule has 2 aliphatic rings. The molecule has 2 aliphatic carbocycles. The summed E-state index contributed by atoms with van der Waals surface area (Å²) in [6.07, 6.45) is 6.20. The van der Waals surface area contributed by atoms with E-state index in [9.17, 15) is 14.4 Å². The van der Waals surface area contributed by atoms with Gasteiger partial charge in [0.15, 0.2) is 0 Å². The largest absolute Gasteiger partial charge is 0.322 e. The number of carbonyl (C=O) groups excluding carboxylic acids is 3. The first-order valence-electron chi connectivity index (χ1n) is 10.5. The molecule has 4 rings (SSSR count). The smallest absolute Gasteiger partial charge is 0.258 e. The molecule has 158 valence electrons. The summed E-state index contributed by atoms with van der Waals surface area (Å²) < 4.78 is 0. The van der Waals surface area contributed by atoms with Crippen molar-refractivity contribution in [3.05, 3.63) is 45.3 Å². The number of hydrogen-bond acceptors (Lipinski definition) is 4. The summed E-state index contributed by atoms with van der Waals surface area (Å²) in [5.74, 6) is -0.837. The van der Waals surface area contributed by atoms with E-state index < -0.39 is 0 Å². The van der Waals surface area contributed by atoms with Crippen LogP contribution in [0.25, 0.3) is 0 Å². The summed E-state index contributed by atoms with van der Waals surface area (Å²) in [6, 6.07) is 6.96. The van der Waals surface area contributed by atoms with Gasteiger partial charge in [0.2, 0.25) is 5.91 Å². The number of benzene rings is 1. The van der Waals surface area contributed by atoms with Crippen molar-refractivity contribution in [1.29, 1.82) is 0 Å². The van der Waals surface area contributed by atoms with Crippen LogP contribution in [0.4, 0.5) is 10.7 Å². The maximum absolute atomic E-state index is 13.1. The van der Waals surface area contributed by atoms with Gasteiger partial charge >= 0.3 is 0 Å². The van der Waals surface area contributed by atoms with Crippen LogP contribution >= 0.6 is 22.9 Å². The van der Waals surface area contributed by atoms with Crippen LogP contribution in [0, 0.1) is 11.8 Å². The maximum atomic E-state index is 13.1. The summed E-state index contributed by atoms with van der Waals surface area (Å²) in [6.45, 7) is 1.57. The molecule has 30 heavy (non-hydrogen) atoms. The lowest BCUT2D eigenvalue weighted by Gasteiger charge is -2.28. The molecular formula is C23H25ClN2O3S. The van der Waals surface area contributed by atoms with Crippen LogP contribution in [0.2, 0.25) is 5.02 Å². The van der Waals surface area contributed by atoms with Crippen molar-refractivity contribution in [2.24, 2.45) is 11.8 Å². The minimum absolute atomic E-state index is 0.0734. The van der Waals surface area contributed by atoms with Crippen LogP contribution in [0.3, 0.4) is 0 Å². The molecule has 0 radical (unpaired) electrons.